The molecule has 0 amide bonds. The van der Waals surface area contributed by atoms with Crippen LogP contribution in [0, 0.1) is 0 Å². The molecule has 5 nitrogen and oxygen atoms in total. The average molecular weight is 266 g/mol. The van der Waals surface area contributed by atoms with Gasteiger partial charge in [0.15, 0.2) is 5.82 Å². The summed E-state index contributed by atoms with van der Waals surface area (Å²) in [5.41, 5.74) is 1.88. The van der Waals surface area contributed by atoms with Crippen molar-refractivity contribution in [3.8, 4) is 11.5 Å². The Morgan fingerprint density at radius 2 is 2.11 bits per heavy atom. The van der Waals surface area contributed by atoms with Crippen LogP contribution < -0.4 is 0 Å². The quantitative estimate of drug-likeness (QED) is 0.789. The summed E-state index contributed by atoms with van der Waals surface area (Å²) in [6.07, 6.45) is 4.77. The molecular weight excluding hydrogens is 250 g/mol. The number of nitrogens with zero attached hydrogens (tertiary/aromatic N) is 5. The molecule has 6 heteroatoms. The van der Waals surface area contributed by atoms with Gasteiger partial charge in [0.05, 0.1) is 10.7 Å². The fourth-order valence-electron chi connectivity index (χ4n) is 2.37. The van der Waals surface area contributed by atoms with E-state index in [1.165, 1.54) is 0 Å². The third kappa shape index (κ3) is 1.83. The van der Waals surface area contributed by atoms with E-state index in [0.717, 1.165) is 48.3 Å². The van der Waals surface area contributed by atoms with Gasteiger partial charge in [0, 0.05) is 39.1 Å². The van der Waals surface area contributed by atoms with Crippen molar-refractivity contribution in [2.24, 2.45) is 7.05 Å². The smallest absolute Gasteiger partial charge is 0.161 e. The summed E-state index contributed by atoms with van der Waals surface area (Å²) >= 11 is 6.48. The van der Waals surface area contributed by atoms with E-state index in [1.54, 1.807) is 6.20 Å². The van der Waals surface area contributed by atoms with E-state index in [-0.39, 0.29) is 0 Å². The monoisotopic (exact) mass is 265 g/mol. The van der Waals surface area contributed by atoms with Crippen LogP contribution in [-0.4, -0.2) is 37.8 Å². The van der Waals surface area contributed by atoms with E-state index in [0.29, 0.717) is 0 Å². The zero-order valence-corrected chi connectivity index (χ0v) is 11.4. The molecule has 0 unspecified atom stereocenters. The molecule has 0 spiro atoms. The number of fused-ring (bicyclic) bond motifs is 1. The van der Waals surface area contributed by atoms with Gasteiger partial charge < -0.3 is 9.47 Å². The van der Waals surface area contributed by atoms with Crippen molar-refractivity contribution < 1.29 is 0 Å². The molecule has 1 aliphatic rings. The van der Waals surface area contributed by atoms with Crippen LogP contribution in [0.2, 0.25) is 5.02 Å². The van der Waals surface area contributed by atoms with Gasteiger partial charge in [0.25, 0.3) is 0 Å². The summed E-state index contributed by atoms with van der Waals surface area (Å²) in [6.45, 7) is 2.84. The minimum Gasteiger partial charge on any atom is -0.333 e. The van der Waals surface area contributed by atoms with E-state index in [9.17, 15) is 0 Å². The Kier molecular flexibility index (Phi) is 2.87. The van der Waals surface area contributed by atoms with Gasteiger partial charge in [-0.25, -0.2) is 4.98 Å². The van der Waals surface area contributed by atoms with Crippen LogP contribution in [0.25, 0.3) is 11.5 Å². The van der Waals surface area contributed by atoms with Crippen molar-refractivity contribution in [2.75, 3.05) is 13.6 Å². The van der Waals surface area contributed by atoms with Crippen molar-refractivity contribution in [1.29, 1.82) is 0 Å². The summed E-state index contributed by atoms with van der Waals surface area (Å²) in [7, 11) is 4.06. The molecule has 0 aromatic carbocycles. The molecule has 0 aliphatic carbocycles. The van der Waals surface area contributed by atoms with E-state index in [4.69, 9.17) is 11.6 Å². The maximum absolute atomic E-state index is 6.48. The SMILES string of the molecule is CN1CCCn2nc(-c3nccn3C)c(Cl)c2C1. The predicted molar refractivity (Wildman–Crippen MR) is 70.4 cm³/mol. The summed E-state index contributed by atoms with van der Waals surface area (Å²) in [4.78, 5) is 6.59. The Bertz CT molecular complexity index is 571. The van der Waals surface area contributed by atoms with Gasteiger partial charge in [-0.2, -0.15) is 5.10 Å². The maximum atomic E-state index is 6.48. The molecule has 2 aromatic heterocycles. The Hall–Kier alpha value is -1.33. The van der Waals surface area contributed by atoms with Crippen molar-refractivity contribution in [3.05, 3.63) is 23.1 Å². The van der Waals surface area contributed by atoms with Crippen LogP contribution >= 0.6 is 11.6 Å². The fraction of sp³-hybridized carbons (Fsp3) is 0.500. The molecule has 0 N–H and O–H groups in total. The van der Waals surface area contributed by atoms with E-state index in [1.807, 2.05) is 22.5 Å². The second kappa shape index (κ2) is 4.40. The second-order valence-corrected chi connectivity index (χ2v) is 5.16. The number of hydrogen-bond acceptors (Lipinski definition) is 3. The van der Waals surface area contributed by atoms with Gasteiger partial charge in [-0.3, -0.25) is 4.68 Å². The first-order valence-electron chi connectivity index (χ1n) is 6.08. The number of rotatable bonds is 1. The highest BCUT2D eigenvalue weighted by Gasteiger charge is 2.22. The molecule has 0 fully saturated rings. The molecule has 0 bridgehead atoms. The summed E-state index contributed by atoms with van der Waals surface area (Å²) < 4.78 is 3.97. The van der Waals surface area contributed by atoms with Crippen LogP contribution in [-0.2, 0) is 20.1 Å². The second-order valence-electron chi connectivity index (χ2n) is 4.79. The molecule has 2 aromatic rings. The zero-order valence-electron chi connectivity index (χ0n) is 10.6. The van der Waals surface area contributed by atoms with E-state index >= 15 is 0 Å². The van der Waals surface area contributed by atoms with Crippen LogP contribution in [0.1, 0.15) is 12.1 Å². The molecule has 18 heavy (non-hydrogen) atoms. The first-order valence-corrected chi connectivity index (χ1v) is 6.46. The van der Waals surface area contributed by atoms with Crippen molar-refractivity contribution in [3.63, 3.8) is 0 Å². The van der Waals surface area contributed by atoms with Gasteiger partial charge in [-0.05, 0) is 13.5 Å². The maximum Gasteiger partial charge on any atom is 0.161 e. The molecule has 3 rings (SSSR count). The van der Waals surface area contributed by atoms with Gasteiger partial charge in [-0.1, -0.05) is 11.6 Å². The molecule has 3 heterocycles. The molecule has 0 saturated heterocycles. The molecule has 0 radical (unpaired) electrons. The zero-order chi connectivity index (χ0) is 12.7. The van der Waals surface area contributed by atoms with Crippen molar-refractivity contribution >= 4 is 11.6 Å². The largest absolute Gasteiger partial charge is 0.333 e. The first kappa shape index (κ1) is 11.7. The predicted octanol–water partition coefficient (Wildman–Crippen LogP) is 1.77. The van der Waals surface area contributed by atoms with Crippen LogP contribution in [0.5, 0.6) is 0 Å². The van der Waals surface area contributed by atoms with Crippen molar-refractivity contribution in [1.82, 2.24) is 24.2 Å². The Morgan fingerprint density at radius 1 is 1.28 bits per heavy atom. The van der Waals surface area contributed by atoms with Crippen molar-refractivity contribution in [2.45, 2.75) is 19.5 Å². The highest BCUT2D eigenvalue weighted by atomic mass is 35.5. The molecule has 0 atom stereocenters. The van der Waals surface area contributed by atoms with Crippen LogP contribution in [0.4, 0.5) is 0 Å². The number of halogens is 1. The number of imidazole rings is 1. The minimum atomic E-state index is 0.734. The average Bonchev–Trinajstić information content (AvgIpc) is 2.80. The number of aryl methyl sites for hydroxylation is 2. The lowest BCUT2D eigenvalue weighted by atomic mass is 10.3. The van der Waals surface area contributed by atoms with Crippen LogP contribution in [0.3, 0.4) is 0 Å². The highest BCUT2D eigenvalue weighted by Crippen LogP contribution is 2.30. The van der Waals surface area contributed by atoms with Crippen LogP contribution in [0.15, 0.2) is 12.4 Å². The fourth-order valence-corrected chi connectivity index (χ4v) is 2.65. The summed E-state index contributed by atoms with van der Waals surface area (Å²) in [5.74, 6) is 0.822. The third-order valence-corrected chi connectivity index (χ3v) is 3.75. The molecule has 0 saturated carbocycles. The number of hydrogen-bond donors (Lipinski definition) is 0. The number of aromatic nitrogens is 4. The molecular formula is C12H16ClN5. The lowest BCUT2D eigenvalue weighted by Gasteiger charge is -2.11. The summed E-state index contributed by atoms with van der Waals surface area (Å²) in [5, 5.41) is 5.36. The third-order valence-electron chi connectivity index (χ3n) is 3.36. The normalized spacial score (nSPS) is 16.6. The van der Waals surface area contributed by atoms with Gasteiger partial charge in [-0.15, -0.1) is 0 Å². The minimum absolute atomic E-state index is 0.734. The Balaban J connectivity index is 2.09. The highest BCUT2D eigenvalue weighted by molar-refractivity contribution is 6.33. The van der Waals surface area contributed by atoms with Gasteiger partial charge >= 0.3 is 0 Å². The first-order chi connectivity index (χ1) is 8.66. The Labute approximate surface area is 111 Å². The Morgan fingerprint density at radius 3 is 2.83 bits per heavy atom. The summed E-state index contributed by atoms with van der Waals surface area (Å²) in [6, 6.07) is 0. The topological polar surface area (TPSA) is 38.9 Å². The lowest BCUT2D eigenvalue weighted by Crippen LogP contribution is -2.17. The molecule has 96 valence electrons. The van der Waals surface area contributed by atoms with E-state index in [2.05, 4.69) is 22.0 Å². The standard InChI is InChI=1S/C12H16ClN5/c1-16-5-3-6-18-9(8-16)10(13)11(15-18)12-14-4-7-17(12)2/h4,7H,3,5-6,8H2,1-2H3. The van der Waals surface area contributed by atoms with E-state index < -0.39 is 0 Å². The molecule has 1 aliphatic heterocycles. The lowest BCUT2D eigenvalue weighted by molar-refractivity contribution is 0.332. The van der Waals surface area contributed by atoms with Gasteiger partial charge in [0.2, 0.25) is 0 Å². The van der Waals surface area contributed by atoms with Gasteiger partial charge in [0.1, 0.15) is 5.69 Å².